The molecule has 0 amide bonds. The smallest absolute Gasteiger partial charge is 0.188 e. The van der Waals surface area contributed by atoms with Crippen molar-refractivity contribution in [2.45, 2.75) is 23.5 Å². The summed E-state index contributed by atoms with van der Waals surface area (Å²) in [6, 6.07) is 13.4. The monoisotopic (exact) mass is 509 g/mol. The van der Waals surface area contributed by atoms with Crippen LogP contribution < -0.4 is 10.1 Å². The standard InChI is InChI=1S/C21H19N5O2S2.2ClH/c1-14-13-29-21(24-14)26-20-17(28-15-6-4-3-5-7-15)10-16(11-23-20)30-19-8-9-22-18(25-19)12-27-2;;/h3-11,13H,12H2,1-2H3,(H,23,24,26);2*1H. The molecule has 0 fully saturated rings. The first-order valence-electron chi connectivity index (χ1n) is 9.10. The largest absolute Gasteiger partial charge is 0.453 e. The molecule has 0 aliphatic heterocycles. The Bertz CT molecular complexity index is 1130. The number of benzene rings is 1. The van der Waals surface area contributed by atoms with E-state index in [0.29, 0.717) is 24.0 Å². The molecule has 4 aromatic rings. The third-order valence-corrected chi connectivity index (χ3v) is 5.59. The zero-order chi connectivity index (χ0) is 20.8. The Kier molecular flexibility index (Phi) is 10.1. The summed E-state index contributed by atoms with van der Waals surface area (Å²) >= 11 is 3.00. The SMILES string of the molecule is COCc1nccc(Sc2cnc(Nc3nc(C)cs3)c(Oc3ccccc3)c2)n1.Cl.Cl. The Morgan fingerprint density at radius 1 is 1.06 bits per heavy atom. The van der Waals surface area contributed by atoms with Crippen LogP contribution in [0.5, 0.6) is 11.5 Å². The van der Waals surface area contributed by atoms with Crippen LogP contribution in [0.1, 0.15) is 11.5 Å². The first kappa shape index (κ1) is 25.8. The van der Waals surface area contributed by atoms with Crippen molar-refractivity contribution in [2.24, 2.45) is 0 Å². The predicted octanol–water partition coefficient (Wildman–Crippen LogP) is 6.31. The summed E-state index contributed by atoms with van der Waals surface area (Å²) in [4.78, 5) is 18.6. The number of nitrogens with one attached hydrogen (secondary N) is 1. The van der Waals surface area contributed by atoms with Crippen LogP contribution in [0.4, 0.5) is 10.9 Å². The highest BCUT2D eigenvalue weighted by Gasteiger charge is 2.12. The Labute approximate surface area is 206 Å². The second-order valence-electron chi connectivity index (χ2n) is 6.20. The molecule has 0 spiro atoms. The van der Waals surface area contributed by atoms with Crippen molar-refractivity contribution in [1.29, 1.82) is 0 Å². The van der Waals surface area contributed by atoms with Crippen molar-refractivity contribution in [3.8, 4) is 11.5 Å². The fourth-order valence-corrected chi connectivity index (χ4v) is 4.02. The normalized spacial score (nSPS) is 10.1. The van der Waals surface area contributed by atoms with Gasteiger partial charge in [0, 0.05) is 35.8 Å². The molecule has 1 N–H and O–H groups in total. The van der Waals surface area contributed by atoms with Gasteiger partial charge in [0.25, 0.3) is 0 Å². The number of aromatic nitrogens is 4. The number of rotatable bonds is 8. The van der Waals surface area contributed by atoms with E-state index in [2.05, 4.69) is 25.3 Å². The van der Waals surface area contributed by atoms with Gasteiger partial charge < -0.3 is 14.8 Å². The molecule has 1 aromatic carbocycles. The molecule has 0 saturated heterocycles. The van der Waals surface area contributed by atoms with Crippen molar-refractivity contribution < 1.29 is 9.47 Å². The number of thiazole rings is 1. The lowest BCUT2D eigenvalue weighted by Crippen LogP contribution is -1.98. The van der Waals surface area contributed by atoms with Crippen LogP contribution >= 0.6 is 47.9 Å². The topological polar surface area (TPSA) is 82.1 Å². The van der Waals surface area contributed by atoms with Gasteiger partial charge in [0.1, 0.15) is 17.4 Å². The maximum atomic E-state index is 6.11. The molecule has 0 aliphatic rings. The number of halogens is 2. The maximum Gasteiger partial charge on any atom is 0.188 e. The highest BCUT2D eigenvalue weighted by atomic mass is 35.5. The van der Waals surface area contributed by atoms with Gasteiger partial charge >= 0.3 is 0 Å². The van der Waals surface area contributed by atoms with Crippen molar-refractivity contribution >= 4 is 58.9 Å². The van der Waals surface area contributed by atoms with E-state index in [4.69, 9.17) is 9.47 Å². The van der Waals surface area contributed by atoms with E-state index in [1.54, 1.807) is 19.5 Å². The van der Waals surface area contributed by atoms with Gasteiger partial charge in [0.05, 0.1) is 5.69 Å². The molecule has 3 aromatic heterocycles. The molecular weight excluding hydrogens is 489 g/mol. The molecule has 0 unspecified atom stereocenters. The molecule has 4 rings (SSSR count). The number of hydrogen-bond donors (Lipinski definition) is 1. The quantitative estimate of drug-likeness (QED) is 0.276. The summed E-state index contributed by atoms with van der Waals surface area (Å²) in [5.74, 6) is 2.56. The van der Waals surface area contributed by atoms with E-state index in [1.807, 2.05) is 54.8 Å². The number of aryl methyl sites for hydroxylation is 1. The Morgan fingerprint density at radius 3 is 2.59 bits per heavy atom. The van der Waals surface area contributed by atoms with E-state index in [0.717, 1.165) is 26.5 Å². The van der Waals surface area contributed by atoms with Gasteiger partial charge in [-0.25, -0.2) is 19.9 Å². The van der Waals surface area contributed by atoms with E-state index in [1.165, 1.54) is 23.1 Å². The lowest BCUT2D eigenvalue weighted by molar-refractivity contribution is 0.177. The number of hydrogen-bond acceptors (Lipinski definition) is 9. The Morgan fingerprint density at radius 2 is 1.88 bits per heavy atom. The first-order chi connectivity index (χ1) is 14.7. The van der Waals surface area contributed by atoms with Gasteiger partial charge in [-0.1, -0.05) is 30.0 Å². The van der Waals surface area contributed by atoms with E-state index < -0.39 is 0 Å². The lowest BCUT2D eigenvalue weighted by Gasteiger charge is -2.12. The van der Waals surface area contributed by atoms with Gasteiger partial charge in [0.2, 0.25) is 0 Å². The van der Waals surface area contributed by atoms with Crippen LogP contribution in [-0.4, -0.2) is 27.0 Å². The number of ether oxygens (including phenoxy) is 2. The fourth-order valence-electron chi connectivity index (χ4n) is 2.54. The van der Waals surface area contributed by atoms with Gasteiger partial charge in [-0.15, -0.1) is 36.2 Å². The van der Waals surface area contributed by atoms with Crippen LogP contribution in [-0.2, 0) is 11.3 Å². The second-order valence-corrected chi connectivity index (χ2v) is 8.15. The van der Waals surface area contributed by atoms with Gasteiger partial charge in [-0.05, 0) is 25.1 Å². The molecular formula is C21H21Cl2N5O2S2. The molecule has 7 nitrogen and oxygen atoms in total. The van der Waals surface area contributed by atoms with Crippen molar-refractivity contribution in [3.63, 3.8) is 0 Å². The Hall–Kier alpha value is -2.43. The molecule has 32 heavy (non-hydrogen) atoms. The molecule has 0 radical (unpaired) electrons. The van der Waals surface area contributed by atoms with Crippen LogP contribution in [0.25, 0.3) is 0 Å². The number of para-hydroxylation sites is 1. The molecule has 0 atom stereocenters. The Balaban J connectivity index is 0.00000181. The average molecular weight is 510 g/mol. The summed E-state index contributed by atoms with van der Waals surface area (Å²) in [6.07, 6.45) is 3.50. The van der Waals surface area contributed by atoms with E-state index in [9.17, 15) is 0 Å². The van der Waals surface area contributed by atoms with Gasteiger partial charge in [-0.2, -0.15) is 0 Å². The van der Waals surface area contributed by atoms with E-state index >= 15 is 0 Å². The number of nitrogens with zero attached hydrogens (tertiary/aromatic N) is 4. The summed E-state index contributed by atoms with van der Waals surface area (Å²) in [6.45, 7) is 2.32. The lowest BCUT2D eigenvalue weighted by atomic mass is 10.3. The van der Waals surface area contributed by atoms with Crippen molar-refractivity contribution in [1.82, 2.24) is 19.9 Å². The molecule has 168 valence electrons. The number of pyridine rings is 1. The second kappa shape index (κ2) is 12.6. The minimum Gasteiger partial charge on any atom is -0.453 e. The highest BCUT2D eigenvalue weighted by molar-refractivity contribution is 7.99. The fraction of sp³-hybridized carbons (Fsp3) is 0.143. The zero-order valence-electron chi connectivity index (χ0n) is 17.2. The molecule has 0 saturated carbocycles. The van der Waals surface area contributed by atoms with Crippen LogP contribution in [0.2, 0.25) is 0 Å². The molecule has 0 bridgehead atoms. The summed E-state index contributed by atoms with van der Waals surface area (Å²) in [7, 11) is 1.62. The third-order valence-electron chi connectivity index (χ3n) is 3.82. The predicted molar refractivity (Wildman–Crippen MR) is 132 cm³/mol. The van der Waals surface area contributed by atoms with Crippen LogP contribution in [0.3, 0.4) is 0 Å². The summed E-state index contributed by atoms with van der Waals surface area (Å²) < 4.78 is 11.2. The first-order valence-corrected chi connectivity index (χ1v) is 10.8. The van der Waals surface area contributed by atoms with E-state index in [-0.39, 0.29) is 24.8 Å². The minimum atomic E-state index is 0. The van der Waals surface area contributed by atoms with Gasteiger partial charge in [-0.3, -0.25) is 0 Å². The summed E-state index contributed by atoms with van der Waals surface area (Å²) in [5.41, 5.74) is 0.954. The number of anilines is 2. The third kappa shape index (κ3) is 7.04. The molecule has 0 aliphatic carbocycles. The highest BCUT2D eigenvalue weighted by Crippen LogP contribution is 2.36. The minimum absolute atomic E-state index is 0. The average Bonchev–Trinajstić information content (AvgIpc) is 3.16. The molecule has 3 heterocycles. The zero-order valence-corrected chi connectivity index (χ0v) is 20.5. The summed E-state index contributed by atoms with van der Waals surface area (Å²) in [5, 5.41) is 6.80. The van der Waals surface area contributed by atoms with Crippen LogP contribution in [0, 0.1) is 6.92 Å². The van der Waals surface area contributed by atoms with Crippen molar-refractivity contribution in [2.75, 3.05) is 12.4 Å². The van der Waals surface area contributed by atoms with Crippen molar-refractivity contribution in [3.05, 3.63) is 71.8 Å². The van der Waals surface area contributed by atoms with Crippen LogP contribution in [0.15, 0.2) is 70.2 Å². The molecule has 11 heteroatoms. The van der Waals surface area contributed by atoms with Gasteiger partial charge in [0.15, 0.2) is 22.5 Å². The maximum absolute atomic E-state index is 6.11. The number of methoxy groups -OCH3 is 1.